The van der Waals surface area contributed by atoms with Gasteiger partial charge in [-0.2, -0.15) is 5.10 Å². The molecule has 2 aromatic heterocycles. The summed E-state index contributed by atoms with van der Waals surface area (Å²) in [5.41, 5.74) is 3.39. The van der Waals surface area contributed by atoms with Crippen LogP contribution >= 0.6 is 0 Å². The second kappa shape index (κ2) is 4.44. The number of fused-ring (bicyclic) bond motifs is 1. The molecule has 94 valence electrons. The van der Waals surface area contributed by atoms with Gasteiger partial charge in [-0.05, 0) is 30.4 Å². The van der Waals surface area contributed by atoms with Crippen molar-refractivity contribution in [2.24, 2.45) is 7.05 Å². The molecule has 3 rings (SSSR count). The second-order valence-corrected chi connectivity index (χ2v) is 4.98. The van der Waals surface area contributed by atoms with E-state index in [-0.39, 0.29) is 0 Å². The molecule has 0 spiro atoms. The molecule has 0 aromatic carbocycles. The van der Waals surface area contributed by atoms with Crippen LogP contribution in [0.1, 0.15) is 34.3 Å². The van der Waals surface area contributed by atoms with Crippen LogP contribution in [-0.2, 0) is 26.4 Å². The normalized spacial score (nSPS) is 14.8. The molecule has 0 saturated heterocycles. The number of aromatic nitrogens is 3. The Morgan fingerprint density at radius 2 is 2.17 bits per heavy atom. The summed E-state index contributed by atoms with van der Waals surface area (Å²) in [4.78, 5) is 11.7. The van der Waals surface area contributed by atoms with E-state index in [4.69, 9.17) is 0 Å². The molecule has 0 amide bonds. The maximum absolute atomic E-state index is 11.7. The fourth-order valence-electron chi connectivity index (χ4n) is 2.57. The average molecular weight is 243 g/mol. The number of aryl methyl sites for hydroxylation is 4. The van der Waals surface area contributed by atoms with Crippen molar-refractivity contribution in [3.05, 3.63) is 41.5 Å². The van der Waals surface area contributed by atoms with Gasteiger partial charge in [0.15, 0.2) is 5.78 Å². The summed E-state index contributed by atoms with van der Waals surface area (Å²) >= 11 is 0. The first-order chi connectivity index (χ1) is 8.72. The molecule has 1 aliphatic rings. The predicted molar refractivity (Wildman–Crippen MR) is 68.6 cm³/mol. The van der Waals surface area contributed by atoms with Crippen LogP contribution in [0, 0.1) is 0 Å². The minimum absolute atomic E-state index is 0.302. The van der Waals surface area contributed by atoms with Gasteiger partial charge in [0.05, 0.1) is 6.20 Å². The zero-order chi connectivity index (χ0) is 12.5. The van der Waals surface area contributed by atoms with Crippen molar-refractivity contribution in [1.29, 1.82) is 0 Å². The second-order valence-electron chi connectivity index (χ2n) is 4.98. The maximum atomic E-state index is 11.7. The van der Waals surface area contributed by atoms with Crippen LogP contribution in [-0.4, -0.2) is 20.1 Å². The van der Waals surface area contributed by atoms with Crippen molar-refractivity contribution in [2.45, 2.75) is 32.2 Å². The van der Waals surface area contributed by atoms with Crippen LogP contribution in [0.25, 0.3) is 0 Å². The number of nitrogens with zero attached hydrogens (tertiary/aromatic N) is 3. The van der Waals surface area contributed by atoms with Gasteiger partial charge < -0.3 is 4.57 Å². The minimum atomic E-state index is 0.302. The van der Waals surface area contributed by atoms with Crippen molar-refractivity contribution in [1.82, 2.24) is 14.3 Å². The molecule has 0 radical (unpaired) electrons. The molecule has 0 N–H and O–H groups in total. The van der Waals surface area contributed by atoms with E-state index in [0.717, 1.165) is 31.4 Å². The molecule has 1 aliphatic carbocycles. The van der Waals surface area contributed by atoms with Crippen molar-refractivity contribution < 1.29 is 4.79 Å². The summed E-state index contributed by atoms with van der Waals surface area (Å²) in [5, 5.41) is 4.16. The Morgan fingerprint density at radius 1 is 1.28 bits per heavy atom. The van der Waals surface area contributed by atoms with Gasteiger partial charge in [0.25, 0.3) is 0 Å². The van der Waals surface area contributed by atoms with Crippen molar-refractivity contribution in [3.8, 4) is 0 Å². The van der Waals surface area contributed by atoms with Crippen LogP contribution in [0.15, 0.2) is 24.8 Å². The Balaban J connectivity index is 1.72. The largest absolute Gasteiger partial charge is 0.353 e. The lowest BCUT2D eigenvalue weighted by Crippen LogP contribution is -2.07. The summed E-state index contributed by atoms with van der Waals surface area (Å²) in [6.07, 6.45) is 11.8. The van der Waals surface area contributed by atoms with E-state index in [1.54, 1.807) is 0 Å². The fourth-order valence-corrected chi connectivity index (χ4v) is 2.57. The topological polar surface area (TPSA) is 39.8 Å². The van der Waals surface area contributed by atoms with Crippen molar-refractivity contribution >= 4 is 5.78 Å². The van der Waals surface area contributed by atoms with Crippen LogP contribution in [0.5, 0.6) is 0 Å². The first kappa shape index (κ1) is 11.3. The summed E-state index contributed by atoms with van der Waals surface area (Å²) in [7, 11) is 1.93. The molecule has 18 heavy (non-hydrogen) atoms. The van der Waals surface area contributed by atoms with Gasteiger partial charge in [-0.15, -0.1) is 0 Å². The van der Waals surface area contributed by atoms with Crippen molar-refractivity contribution in [3.63, 3.8) is 0 Å². The Hall–Kier alpha value is -1.84. The molecule has 0 bridgehead atoms. The van der Waals surface area contributed by atoms with E-state index >= 15 is 0 Å². The molecule has 0 unspecified atom stereocenters. The zero-order valence-corrected chi connectivity index (χ0v) is 10.6. The molecule has 2 aromatic rings. The van der Waals surface area contributed by atoms with E-state index < -0.39 is 0 Å². The predicted octanol–water partition coefficient (Wildman–Crippen LogP) is 1.98. The SMILES string of the molecule is Cn1cc(CCn2cc3c(c2)C(=O)CCC3)cn1. The van der Waals surface area contributed by atoms with Gasteiger partial charge in [0.1, 0.15) is 0 Å². The molecular weight excluding hydrogens is 226 g/mol. The third-order valence-electron chi connectivity index (χ3n) is 3.53. The molecule has 0 fully saturated rings. The van der Waals surface area contributed by atoms with Gasteiger partial charge in [-0.25, -0.2) is 0 Å². The smallest absolute Gasteiger partial charge is 0.164 e. The van der Waals surface area contributed by atoms with Gasteiger partial charge in [0.2, 0.25) is 0 Å². The maximum Gasteiger partial charge on any atom is 0.164 e. The molecule has 0 atom stereocenters. The first-order valence-electron chi connectivity index (χ1n) is 6.42. The summed E-state index contributed by atoms with van der Waals surface area (Å²) in [6, 6.07) is 0. The molecule has 2 heterocycles. The first-order valence-corrected chi connectivity index (χ1v) is 6.42. The van der Waals surface area contributed by atoms with E-state index in [2.05, 4.69) is 15.9 Å². The standard InChI is InChI=1S/C14H17N3O/c1-16-8-11(7-15-16)5-6-17-9-12-3-2-4-14(18)13(12)10-17/h7-10H,2-6H2,1H3. The van der Waals surface area contributed by atoms with E-state index in [1.807, 2.05) is 30.3 Å². The highest BCUT2D eigenvalue weighted by atomic mass is 16.1. The van der Waals surface area contributed by atoms with Crippen LogP contribution in [0.4, 0.5) is 0 Å². The Bertz CT molecular complexity index is 580. The number of hydrogen-bond acceptors (Lipinski definition) is 2. The van der Waals surface area contributed by atoms with E-state index in [0.29, 0.717) is 12.2 Å². The molecule has 0 aliphatic heterocycles. The van der Waals surface area contributed by atoms with Gasteiger partial charge in [0, 0.05) is 44.2 Å². The highest BCUT2D eigenvalue weighted by Gasteiger charge is 2.18. The summed E-state index contributed by atoms with van der Waals surface area (Å²) < 4.78 is 3.96. The van der Waals surface area contributed by atoms with Crippen molar-refractivity contribution in [2.75, 3.05) is 0 Å². The van der Waals surface area contributed by atoms with Crippen LogP contribution < -0.4 is 0 Å². The number of carbonyl (C=O) groups is 1. The lowest BCUT2D eigenvalue weighted by Gasteiger charge is -2.07. The Kier molecular flexibility index (Phi) is 2.78. The Labute approximate surface area is 106 Å². The van der Waals surface area contributed by atoms with Crippen LogP contribution in [0.2, 0.25) is 0 Å². The Morgan fingerprint density at radius 3 is 2.89 bits per heavy atom. The van der Waals surface area contributed by atoms with Crippen LogP contribution in [0.3, 0.4) is 0 Å². The van der Waals surface area contributed by atoms with Gasteiger partial charge in [-0.1, -0.05) is 0 Å². The van der Waals surface area contributed by atoms with Gasteiger partial charge in [-0.3, -0.25) is 9.48 Å². The average Bonchev–Trinajstić information content (AvgIpc) is 2.93. The zero-order valence-electron chi connectivity index (χ0n) is 10.6. The van der Waals surface area contributed by atoms with E-state index in [9.17, 15) is 4.79 Å². The fraction of sp³-hybridized carbons (Fsp3) is 0.429. The number of carbonyl (C=O) groups excluding carboxylic acids is 1. The molecule has 0 saturated carbocycles. The van der Waals surface area contributed by atoms with Gasteiger partial charge >= 0.3 is 0 Å². The molecule has 4 heteroatoms. The lowest BCUT2D eigenvalue weighted by molar-refractivity contribution is 0.0973. The number of hydrogen-bond donors (Lipinski definition) is 0. The molecular formula is C14H17N3O. The third kappa shape index (κ3) is 2.10. The minimum Gasteiger partial charge on any atom is -0.353 e. The monoisotopic (exact) mass is 243 g/mol. The number of ketones is 1. The lowest BCUT2D eigenvalue weighted by atomic mass is 9.95. The van der Waals surface area contributed by atoms with E-state index in [1.165, 1.54) is 11.1 Å². The number of rotatable bonds is 3. The quantitative estimate of drug-likeness (QED) is 0.827. The summed E-state index contributed by atoms with van der Waals surface area (Å²) in [6.45, 7) is 0.909. The number of Topliss-reactive ketones (excluding diaryl/α,β-unsaturated/α-hetero) is 1. The summed E-state index contributed by atoms with van der Waals surface area (Å²) in [5.74, 6) is 0.302. The third-order valence-corrected chi connectivity index (χ3v) is 3.53. The highest BCUT2D eigenvalue weighted by molar-refractivity contribution is 5.98. The highest BCUT2D eigenvalue weighted by Crippen LogP contribution is 2.22. The molecule has 4 nitrogen and oxygen atoms in total.